The summed E-state index contributed by atoms with van der Waals surface area (Å²) in [6.45, 7) is 2.75. The highest BCUT2D eigenvalue weighted by Gasteiger charge is 2.16. The van der Waals surface area contributed by atoms with E-state index in [0.717, 1.165) is 12.0 Å². The molecule has 1 aromatic carbocycles. The lowest BCUT2D eigenvalue weighted by Gasteiger charge is -2.11. The summed E-state index contributed by atoms with van der Waals surface area (Å²) in [7, 11) is 0. The first-order valence-corrected chi connectivity index (χ1v) is 5.58. The van der Waals surface area contributed by atoms with Gasteiger partial charge in [-0.1, -0.05) is 43.7 Å². The molecule has 0 saturated carbocycles. The van der Waals surface area contributed by atoms with Gasteiger partial charge in [0.1, 0.15) is 0 Å². The molecule has 0 saturated heterocycles. The maximum Gasteiger partial charge on any atom is 0.308 e. The lowest BCUT2D eigenvalue weighted by Crippen LogP contribution is -2.19. The predicted octanol–water partition coefficient (Wildman–Crippen LogP) is 2.70. The monoisotopic (exact) mass is 222 g/mol. The first-order chi connectivity index (χ1) is 7.74. The highest BCUT2D eigenvalue weighted by molar-refractivity contribution is 5.70. The molecule has 1 atom stereocenters. The van der Waals surface area contributed by atoms with Crippen LogP contribution in [0.3, 0.4) is 0 Å². The Morgan fingerprint density at radius 3 is 2.62 bits per heavy atom. The number of ether oxygens (including phenoxy) is 1. The Balaban J connectivity index is 2.31. The van der Waals surface area contributed by atoms with E-state index in [1.54, 1.807) is 0 Å². The third kappa shape index (κ3) is 4.45. The highest BCUT2D eigenvalue weighted by atomic mass is 16.5. The van der Waals surface area contributed by atoms with E-state index in [0.29, 0.717) is 13.0 Å². The zero-order valence-electron chi connectivity index (χ0n) is 9.56. The van der Waals surface area contributed by atoms with Crippen molar-refractivity contribution in [3.63, 3.8) is 0 Å². The van der Waals surface area contributed by atoms with E-state index in [1.807, 2.05) is 37.3 Å². The normalized spacial score (nSPS) is 12.3. The van der Waals surface area contributed by atoms with Gasteiger partial charge in [-0.2, -0.15) is 0 Å². The quantitative estimate of drug-likeness (QED) is 0.771. The number of carbonyl (C=O) groups is 1. The van der Waals surface area contributed by atoms with Gasteiger partial charge in [0.15, 0.2) is 0 Å². The summed E-state index contributed by atoms with van der Waals surface area (Å²) in [4.78, 5) is 10.9. The second-order valence-electron chi connectivity index (χ2n) is 3.82. The van der Waals surface area contributed by atoms with Gasteiger partial charge in [0.25, 0.3) is 0 Å². The summed E-state index contributed by atoms with van der Waals surface area (Å²) >= 11 is 0. The molecule has 1 N–H and O–H groups in total. The van der Waals surface area contributed by atoms with Crippen molar-refractivity contribution in [3.8, 4) is 0 Å². The van der Waals surface area contributed by atoms with Crippen LogP contribution in [0.5, 0.6) is 0 Å². The van der Waals surface area contributed by atoms with E-state index in [4.69, 9.17) is 9.84 Å². The second-order valence-corrected chi connectivity index (χ2v) is 3.82. The minimum absolute atomic E-state index is 0.290. The van der Waals surface area contributed by atoms with Crippen molar-refractivity contribution in [1.29, 1.82) is 0 Å². The average Bonchev–Trinajstić information content (AvgIpc) is 2.29. The second kappa shape index (κ2) is 7.01. The van der Waals surface area contributed by atoms with E-state index in [-0.39, 0.29) is 12.5 Å². The molecule has 0 radical (unpaired) electrons. The molecule has 3 heteroatoms. The van der Waals surface area contributed by atoms with Crippen LogP contribution in [0.4, 0.5) is 0 Å². The Morgan fingerprint density at radius 1 is 1.38 bits per heavy atom. The molecule has 88 valence electrons. The number of hydrogen-bond donors (Lipinski definition) is 1. The first kappa shape index (κ1) is 12.7. The van der Waals surface area contributed by atoms with Crippen molar-refractivity contribution >= 4 is 5.97 Å². The fourth-order valence-corrected chi connectivity index (χ4v) is 1.52. The Labute approximate surface area is 96.1 Å². The molecule has 0 aliphatic carbocycles. The van der Waals surface area contributed by atoms with Crippen LogP contribution in [-0.4, -0.2) is 17.7 Å². The van der Waals surface area contributed by atoms with Crippen LogP contribution < -0.4 is 0 Å². The van der Waals surface area contributed by atoms with Gasteiger partial charge in [-0.15, -0.1) is 0 Å². The predicted molar refractivity (Wildman–Crippen MR) is 62.1 cm³/mol. The lowest BCUT2D eigenvalue weighted by atomic mass is 10.1. The molecule has 0 fully saturated rings. The van der Waals surface area contributed by atoms with E-state index in [1.165, 1.54) is 0 Å². The van der Waals surface area contributed by atoms with Crippen LogP contribution in [0, 0.1) is 5.92 Å². The molecule has 1 unspecified atom stereocenters. The third-order valence-corrected chi connectivity index (χ3v) is 2.42. The summed E-state index contributed by atoms with van der Waals surface area (Å²) in [6, 6.07) is 9.77. The SMILES string of the molecule is CCCC(COCc1ccccc1)C(=O)O. The number of aliphatic carboxylic acids is 1. The van der Waals surface area contributed by atoms with Crippen LogP contribution in [-0.2, 0) is 16.1 Å². The van der Waals surface area contributed by atoms with Gasteiger partial charge < -0.3 is 9.84 Å². The minimum atomic E-state index is -0.769. The molecular formula is C13H18O3. The fourth-order valence-electron chi connectivity index (χ4n) is 1.52. The maximum atomic E-state index is 10.9. The summed E-state index contributed by atoms with van der Waals surface area (Å²) < 4.78 is 5.41. The summed E-state index contributed by atoms with van der Waals surface area (Å²) in [6.07, 6.45) is 1.54. The van der Waals surface area contributed by atoms with Crippen molar-refractivity contribution in [3.05, 3.63) is 35.9 Å². The summed E-state index contributed by atoms with van der Waals surface area (Å²) in [5, 5.41) is 8.92. The maximum absolute atomic E-state index is 10.9. The van der Waals surface area contributed by atoms with Gasteiger partial charge in [0.05, 0.1) is 19.1 Å². The van der Waals surface area contributed by atoms with Gasteiger partial charge in [0, 0.05) is 0 Å². The Bertz CT molecular complexity index is 308. The number of benzene rings is 1. The van der Waals surface area contributed by atoms with Gasteiger partial charge >= 0.3 is 5.97 Å². The Morgan fingerprint density at radius 2 is 2.06 bits per heavy atom. The van der Waals surface area contributed by atoms with Crippen molar-refractivity contribution in [2.24, 2.45) is 5.92 Å². The van der Waals surface area contributed by atoms with Crippen LogP contribution in [0.25, 0.3) is 0 Å². The zero-order valence-corrected chi connectivity index (χ0v) is 9.56. The number of rotatable bonds is 7. The fraction of sp³-hybridized carbons (Fsp3) is 0.462. The molecule has 1 rings (SSSR count). The van der Waals surface area contributed by atoms with Crippen molar-refractivity contribution < 1.29 is 14.6 Å². The lowest BCUT2D eigenvalue weighted by molar-refractivity contribution is -0.144. The van der Waals surface area contributed by atoms with Crippen molar-refractivity contribution in [1.82, 2.24) is 0 Å². The molecule has 0 heterocycles. The molecule has 0 aromatic heterocycles. The Kier molecular flexibility index (Phi) is 5.57. The Hall–Kier alpha value is -1.35. The molecule has 3 nitrogen and oxygen atoms in total. The molecule has 0 spiro atoms. The minimum Gasteiger partial charge on any atom is -0.481 e. The van der Waals surface area contributed by atoms with E-state index in [9.17, 15) is 4.79 Å². The van der Waals surface area contributed by atoms with Gasteiger partial charge in [0.2, 0.25) is 0 Å². The first-order valence-electron chi connectivity index (χ1n) is 5.58. The van der Waals surface area contributed by atoms with Crippen LogP contribution >= 0.6 is 0 Å². The van der Waals surface area contributed by atoms with Crippen molar-refractivity contribution in [2.75, 3.05) is 6.61 Å². The van der Waals surface area contributed by atoms with Crippen LogP contribution in [0.2, 0.25) is 0 Å². The largest absolute Gasteiger partial charge is 0.481 e. The molecule has 16 heavy (non-hydrogen) atoms. The van der Waals surface area contributed by atoms with E-state index < -0.39 is 5.97 Å². The number of carboxylic acids is 1. The van der Waals surface area contributed by atoms with Gasteiger partial charge in [-0.05, 0) is 12.0 Å². The molecule has 1 aromatic rings. The molecular weight excluding hydrogens is 204 g/mol. The number of hydrogen-bond acceptors (Lipinski definition) is 2. The number of carboxylic acid groups (broad SMARTS) is 1. The van der Waals surface area contributed by atoms with E-state index >= 15 is 0 Å². The highest BCUT2D eigenvalue weighted by Crippen LogP contribution is 2.09. The molecule has 0 bridgehead atoms. The summed E-state index contributed by atoms with van der Waals surface area (Å²) in [5.74, 6) is -1.15. The smallest absolute Gasteiger partial charge is 0.308 e. The molecule has 0 amide bonds. The zero-order chi connectivity index (χ0) is 11.8. The standard InChI is InChI=1S/C13H18O3/c1-2-6-12(13(14)15)10-16-9-11-7-4-3-5-8-11/h3-5,7-8,12H,2,6,9-10H2,1H3,(H,14,15). The molecule has 0 aliphatic heterocycles. The van der Waals surface area contributed by atoms with Crippen LogP contribution in [0.1, 0.15) is 25.3 Å². The van der Waals surface area contributed by atoms with Gasteiger partial charge in [-0.3, -0.25) is 4.79 Å². The van der Waals surface area contributed by atoms with Crippen molar-refractivity contribution in [2.45, 2.75) is 26.4 Å². The molecule has 0 aliphatic rings. The summed E-state index contributed by atoms with van der Waals surface area (Å²) in [5.41, 5.74) is 1.07. The average molecular weight is 222 g/mol. The van der Waals surface area contributed by atoms with E-state index in [2.05, 4.69) is 0 Å². The third-order valence-electron chi connectivity index (χ3n) is 2.42. The van der Waals surface area contributed by atoms with Gasteiger partial charge in [-0.25, -0.2) is 0 Å². The van der Waals surface area contributed by atoms with Crippen LogP contribution in [0.15, 0.2) is 30.3 Å². The topological polar surface area (TPSA) is 46.5 Å².